The molecule has 0 heterocycles. The minimum atomic E-state index is -0.336. The van der Waals surface area contributed by atoms with Crippen LogP contribution < -0.4 is 0 Å². The van der Waals surface area contributed by atoms with Crippen LogP contribution in [-0.2, 0) is 4.74 Å². The molecule has 1 N–H and O–H groups in total. The maximum atomic E-state index is 12.1. The van der Waals surface area contributed by atoms with Crippen molar-refractivity contribution in [2.75, 3.05) is 6.61 Å². The van der Waals surface area contributed by atoms with Crippen LogP contribution in [0.15, 0.2) is 53.5 Å². The van der Waals surface area contributed by atoms with E-state index < -0.39 is 0 Å². The van der Waals surface area contributed by atoms with E-state index in [1.807, 2.05) is 12.1 Å². The molecule has 2 aromatic carbocycles. The summed E-state index contributed by atoms with van der Waals surface area (Å²) in [6, 6.07) is 13.8. The molecule has 2 aromatic rings. The number of nitrogens with zero attached hydrogens (tertiary/aromatic N) is 1. The van der Waals surface area contributed by atoms with Crippen LogP contribution in [0.2, 0.25) is 0 Å². The first-order valence-electron chi connectivity index (χ1n) is 11.7. The van der Waals surface area contributed by atoms with Crippen LogP contribution in [0.4, 0.5) is 5.69 Å². The number of esters is 1. The Hall–Kier alpha value is -3.06. The van der Waals surface area contributed by atoms with Gasteiger partial charge < -0.3 is 9.84 Å². The molecule has 0 spiro atoms. The van der Waals surface area contributed by atoms with Gasteiger partial charge in [0, 0.05) is 19.1 Å². The molecule has 0 aromatic heterocycles. The summed E-state index contributed by atoms with van der Waals surface area (Å²) in [6.07, 6.45) is 13.7. The van der Waals surface area contributed by atoms with Crippen LogP contribution in [0.1, 0.15) is 87.1 Å². The highest BCUT2D eigenvalue weighted by atomic mass is 16.5. The van der Waals surface area contributed by atoms with Gasteiger partial charge in [0.2, 0.25) is 0 Å². The second-order valence-corrected chi connectivity index (χ2v) is 7.86. The highest BCUT2D eigenvalue weighted by Gasteiger charge is 2.05. The average Bonchev–Trinajstić information content (AvgIpc) is 2.82. The second kappa shape index (κ2) is 15.7. The summed E-state index contributed by atoms with van der Waals surface area (Å²) < 4.78 is 5.30. The molecule has 0 bridgehead atoms. The molecule has 0 fully saturated rings. The van der Waals surface area contributed by atoms with Gasteiger partial charge in [-0.05, 0) is 48.4 Å². The molecular formula is C28H35NO3. The first-order valence-corrected chi connectivity index (χ1v) is 11.7. The second-order valence-electron chi connectivity index (χ2n) is 7.86. The highest BCUT2D eigenvalue weighted by molar-refractivity contribution is 5.91. The lowest BCUT2D eigenvalue weighted by Gasteiger charge is -2.03. The molecule has 32 heavy (non-hydrogen) atoms. The number of hydrogen-bond donors (Lipinski definition) is 1. The van der Waals surface area contributed by atoms with E-state index >= 15 is 0 Å². The third-order valence-corrected chi connectivity index (χ3v) is 5.10. The molecule has 4 heteroatoms. The number of benzene rings is 2. The summed E-state index contributed by atoms with van der Waals surface area (Å²) in [5, 5.41) is 9.29. The first-order chi connectivity index (χ1) is 15.7. The largest absolute Gasteiger partial charge is 0.508 e. The van der Waals surface area contributed by atoms with Gasteiger partial charge >= 0.3 is 5.97 Å². The number of hydrogen-bond acceptors (Lipinski definition) is 4. The molecule has 0 atom stereocenters. The summed E-state index contributed by atoms with van der Waals surface area (Å²) in [4.78, 5) is 16.5. The normalized spacial score (nSPS) is 10.7. The van der Waals surface area contributed by atoms with Gasteiger partial charge in [-0.3, -0.25) is 4.99 Å². The van der Waals surface area contributed by atoms with Crippen LogP contribution in [0, 0.1) is 11.8 Å². The van der Waals surface area contributed by atoms with Crippen LogP contribution >= 0.6 is 0 Å². The maximum Gasteiger partial charge on any atom is 0.338 e. The van der Waals surface area contributed by atoms with Gasteiger partial charge in [0.1, 0.15) is 12.4 Å². The summed E-state index contributed by atoms with van der Waals surface area (Å²) in [7, 11) is 0. The third kappa shape index (κ3) is 10.8. The van der Waals surface area contributed by atoms with Gasteiger partial charge in [0.05, 0.1) is 11.3 Å². The Bertz CT molecular complexity index is 874. The Kier molecular flexibility index (Phi) is 12.4. The quantitative estimate of drug-likeness (QED) is 0.157. The molecule has 170 valence electrons. The number of carbonyl (C=O) groups is 1. The van der Waals surface area contributed by atoms with E-state index in [2.05, 4.69) is 23.8 Å². The molecule has 0 aliphatic heterocycles. The van der Waals surface area contributed by atoms with Crippen LogP contribution in [0.5, 0.6) is 5.75 Å². The Labute approximate surface area is 192 Å². The zero-order chi connectivity index (χ0) is 22.9. The number of unbranched alkanes of at least 4 members (excludes halogenated alkanes) is 8. The molecule has 0 aliphatic carbocycles. The molecule has 0 saturated heterocycles. The van der Waals surface area contributed by atoms with Crippen molar-refractivity contribution in [1.29, 1.82) is 0 Å². The van der Waals surface area contributed by atoms with Gasteiger partial charge in [0.15, 0.2) is 0 Å². The molecule has 4 nitrogen and oxygen atoms in total. The number of phenols is 1. The van der Waals surface area contributed by atoms with Gasteiger partial charge in [-0.25, -0.2) is 4.79 Å². The fourth-order valence-electron chi connectivity index (χ4n) is 3.20. The van der Waals surface area contributed by atoms with Gasteiger partial charge in [-0.15, -0.1) is 5.92 Å². The van der Waals surface area contributed by atoms with Crippen molar-refractivity contribution in [1.82, 2.24) is 0 Å². The summed E-state index contributed by atoms with van der Waals surface area (Å²) in [6.45, 7) is 2.56. The molecule has 0 aliphatic rings. The average molecular weight is 434 g/mol. The van der Waals surface area contributed by atoms with Crippen LogP contribution in [0.3, 0.4) is 0 Å². The smallest absolute Gasteiger partial charge is 0.338 e. The van der Waals surface area contributed by atoms with Crippen LogP contribution in [0.25, 0.3) is 0 Å². The number of carbonyl (C=O) groups excluding carboxylic acids is 1. The standard InChI is InChI=1S/C28H35NO3/c1-2-3-4-5-6-7-8-9-10-11-12-13-22-32-28(31)25-16-14-24(15-17-25)23-29-26-18-20-27(30)21-19-26/h14-21,23,30H,2-10,13,22H2,1H3. The topological polar surface area (TPSA) is 58.9 Å². The monoisotopic (exact) mass is 433 g/mol. The van der Waals surface area contributed by atoms with E-state index in [9.17, 15) is 9.90 Å². The van der Waals surface area contributed by atoms with E-state index in [1.54, 1.807) is 42.6 Å². The minimum Gasteiger partial charge on any atom is -0.508 e. The fourth-order valence-corrected chi connectivity index (χ4v) is 3.20. The molecule has 0 amide bonds. The van der Waals surface area contributed by atoms with Gasteiger partial charge in [0.25, 0.3) is 0 Å². The molecule has 0 radical (unpaired) electrons. The van der Waals surface area contributed by atoms with Gasteiger partial charge in [-0.1, -0.05) is 69.9 Å². The molecular weight excluding hydrogens is 398 g/mol. The Morgan fingerprint density at radius 3 is 2.19 bits per heavy atom. The van der Waals surface area contributed by atoms with Crippen LogP contribution in [-0.4, -0.2) is 23.9 Å². The zero-order valence-corrected chi connectivity index (χ0v) is 19.2. The number of aliphatic imine (C=N–C) groups is 1. The molecule has 0 saturated carbocycles. The Balaban J connectivity index is 1.58. The lowest BCUT2D eigenvalue weighted by atomic mass is 10.1. The van der Waals surface area contributed by atoms with E-state index in [1.165, 1.54) is 44.9 Å². The van der Waals surface area contributed by atoms with Crippen molar-refractivity contribution in [2.45, 2.75) is 71.1 Å². The Morgan fingerprint density at radius 1 is 0.875 bits per heavy atom. The minimum absolute atomic E-state index is 0.210. The number of ether oxygens (including phenoxy) is 1. The Morgan fingerprint density at radius 2 is 1.50 bits per heavy atom. The van der Waals surface area contributed by atoms with Crippen molar-refractivity contribution >= 4 is 17.9 Å². The lowest BCUT2D eigenvalue weighted by molar-refractivity contribution is 0.0513. The SMILES string of the molecule is CCCCCCCCCCC#CCCOC(=O)c1ccc(C=Nc2ccc(O)cc2)cc1. The maximum absolute atomic E-state index is 12.1. The molecule has 0 unspecified atom stereocenters. The van der Waals surface area contributed by atoms with Crippen molar-refractivity contribution < 1.29 is 14.6 Å². The number of aromatic hydroxyl groups is 1. The first kappa shape index (κ1) is 25.2. The predicted molar refractivity (Wildman–Crippen MR) is 132 cm³/mol. The summed E-state index contributed by atoms with van der Waals surface area (Å²) in [5.41, 5.74) is 2.13. The fraction of sp³-hybridized carbons (Fsp3) is 0.429. The summed E-state index contributed by atoms with van der Waals surface area (Å²) in [5.74, 6) is 6.15. The third-order valence-electron chi connectivity index (χ3n) is 5.10. The zero-order valence-electron chi connectivity index (χ0n) is 19.2. The molecule has 2 rings (SSSR count). The van der Waals surface area contributed by atoms with Crippen molar-refractivity contribution in [3.05, 3.63) is 59.7 Å². The summed E-state index contributed by atoms with van der Waals surface area (Å²) >= 11 is 0. The van der Waals surface area contributed by atoms with Crippen molar-refractivity contribution in [3.8, 4) is 17.6 Å². The van der Waals surface area contributed by atoms with Crippen molar-refractivity contribution in [2.24, 2.45) is 4.99 Å². The van der Waals surface area contributed by atoms with Crippen molar-refractivity contribution in [3.63, 3.8) is 0 Å². The van der Waals surface area contributed by atoms with E-state index in [0.717, 1.165) is 24.1 Å². The number of rotatable bonds is 13. The predicted octanol–water partition coefficient (Wildman–Crippen LogP) is 7.22. The van der Waals surface area contributed by atoms with Gasteiger partial charge in [-0.2, -0.15) is 0 Å². The van der Waals surface area contributed by atoms with E-state index in [-0.39, 0.29) is 11.7 Å². The van der Waals surface area contributed by atoms with E-state index in [0.29, 0.717) is 18.6 Å². The van der Waals surface area contributed by atoms with E-state index in [4.69, 9.17) is 4.74 Å². The number of phenolic OH excluding ortho intramolecular Hbond substituents is 1. The lowest BCUT2D eigenvalue weighted by Crippen LogP contribution is -2.06. The highest BCUT2D eigenvalue weighted by Crippen LogP contribution is 2.16.